The molecule has 0 amide bonds. The fourth-order valence-electron chi connectivity index (χ4n) is 5.54. The number of cyclic esters (lactones) is 1. The minimum Gasteiger partial charge on any atom is -0.459 e. The first kappa shape index (κ1) is 42.8. The number of esters is 1. The summed E-state index contributed by atoms with van der Waals surface area (Å²) in [6.45, 7) is 7.09. The average Bonchev–Trinajstić information content (AvgIpc) is 2.99. The van der Waals surface area contributed by atoms with Crippen LogP contribution in [0.2, 0.25) is 0 Å². The molecule has 9 N–H and O–H groups in total. The molecule has 12 atom stereocenters. The third kappa shape index (κ3) is 18.2. The van der Waals surface area contributed by atoms with Crippen LogP contribution in [0.3, 0.4) is 0 Å². The van der Waals surface area contributed by atoms with Crippen LogP contribution in [-0.4, -0.2) is 113 Å². The van der Waals surface area contributed by atoms with Crippen LogP contribution in [0, 0.1) is 17.8 Å². The molecule has 1 aliphatic rings. The normalized spacial score (nSPS) is 41.0. The summed E-state index contributed by atoms with van der Waals surface area (Å²) in [5.74, 6) is -1.79. The molecule has 0 aromatic carbocycles. The van der Waals surface area contributed by atoms with E-state index in [4.69, 9.17) is 4.74 Å². The Bertz CT molecular complexity index is 1010. The maximum atomic E-state index is 12.4. The Morgan fingerprint density at radius 3 is 1.62 bits per heavy atom. The molecule has 0 fully saturated rings. The second-order valence-electron chi connectivity index (χ2n) is 13.2. The van der Waals surface area contributed by atoms with Crippen LogP contribution in [0.1, 0.15) is 79.1 Å². The van der Waals surface area contributed by atoms with Gasteiger partial charge in [-0.25, -0.2) is 4.79 Å². The molecule has 47 heavy (non-hydrogen) atoms. The minimum absolute atomic E-state index is 0.0218. The second-order valence-corrected chi connectivity index (χ2v) is 13.2. The molecule has 0 aliphatic carbocycles. The Kier molecular flexibility index (Phi) is 21.2. The van der Waals surface area contributed by atoms with Gasteiger partial charge in [0.2, 0.25) is 0 Å². The minimum atomic E-state index is -1.34. The van der Waals surface area contributed by atoms with E-state index in [0.717, 1.165) is 0 Å². The first-order valence-corrected chi connectivity index (χ1v) is 16.8. The Balaban J connectivity index is 2.99. The topological polar surface area (TPSA) is 208 Å². The summed E-state index contributed by atoms with van der Waals surface area (Å²) in [4.78, 5) is 12.4. The van der Waals surface area contributed by atoms with Crippen molar-refractivity contribution < 1.29 is 55.5 Å². The number of carbonyl (C=O) groups is 1. The highest BCUT2D eigenvalue weighted by Gasteiger charge is 2.32. The van der Waals surface area contributed by atoms with Gasteiger partial charge >= 0.3 is 5.97 Å². The predicted octanol–water partition coefficient (Wildman–Crippen LogP) is 1.99. The molecule has 1 heterocycles. The molecular formula is C36H60O11. The largest absolute Gasteiger partial charge is 0.459 e. The summed E-state index contributed by atoms with van der Waals surface area (Å²) in [6, 6.07) is 0. The highest BCUT2D eigenvalue weighted by Crippen LogP contribution is 2.25. The lowest BCUT2D eigenvalue weighted by Gasteiger charge is -2.31. The van der Waals surface area contributed by atoms with Gasteiger partial charge in [-0.3, -0.25) is 0 Å². The zero-order valence-corrected chi connectivity index (χ0v) is 28.3. The van der Waals surface area contributed by atoms with Crippen LogP contribution in [0.5, 0.6) is 0 Å². The molecular weight excluding hydrogens is 608 g/mol. The molecule has 0 aromatic heterocycles. The molecule has 11 nitrogen and oxygen atoms in total. The zero-order chi connectivity index (χ0) is 35.5. The lowest BCUT2D eigenvalue weighted by atomic mass is 9.86. The van der Waals surface area contributed by atoms with Gasteiger partial charge in [0.25, 0.3) is 0 Å². The quantitative estimate of drug-likeness (QED) is 0.185. The highest BCUT2D eigenvalue weighted by atomic mass is 16.5. The van der Waals surface area contributed by atoms with Crippen molar-refractivity contribution in [3.05, 3.63) is 60.8 Å². The third-order valence-corrected chi connectivity index (χ3v) is 8.64. The number of aliphatic hydroxyl groups is 9. The van der Waals surface area contributed by atoms with E-state index in [1.807, 2.05) is 13.8 Å². The number of ether oxygens (including phenoxy) is 1. The van der Waals surface area contributed by atoms with Crippen molar-refractivity contribution in [2.75, 3.05) is 0 Å². The SMILES string of the molecule is CC(C)C1OC(=O)/C=C/C=C\C=C\C=C\C=C\CC(O)C(C)C(O)CC(O)CC(O)CC(O)CCC(O)C(O)CC(O)CC(O)C1C. The van der Waals surface area contributed by atoms with Gasteiger partial charge in [-0.2, -0.15) is 0 Å². The van der Waals surface area contributed by atoms with Crippen molar-refractivity contribution in [3.8, 4) is 0 Å². The Morgan fingerprint density at radius 2 is 1.02 bits per heavy atom. The molecule has 270 valence electrons. The molecule has 0 spiro atoms. The van der Waals surface area contributed by atoms with E-state index < -0.39 is 78.8 Å². The monoisotopic (exact) mass is 668 g/mol. The molecule has 12 unspecified atom stereocenters. The molecule has 1 rings (SSSR count). The van der Waals surface area contributed by atoms with Gasteiger partial charge in [0, 0.05) is 24.3 Å². The fraction of sp³-hybridized carbons (Fsp3) is 0.694. The lowest BCUT2D eigenvalue weighted by Crippen LogP contribution is -2.39. The van der Waals surface area contributed by atoms with Crippen LogP contribution in [0.25, 0.3) is 0 Å². The number of carbonyl (C=O) groups excluding carboxylic acids is 1. The van der Waals surface area contributed by atoms with E-state index in [2.05, 4.69) is 0 Å². The summed E-state index contributed by atoms with van der Waals surface area (Å²) >= 11 is 0. The van der Waals surface area contributed by atoms with Gasteiger partial charge in [0.1, 0.15) is 6.10 Å². The first-order valence-electron chi connectivity index (χ1n) is 16.8. The molecule has 0 saturated heterocycles. The van der Waals surface area contributed by atoms with Crippen molar-refractivity contribution >= 4 is 5.97 Å². The molecule has 11 heteroatoms. The Morgan fingerprint density at radius 1 is 0.553 bits per heavy atom. The van der Waals surface area contributed by atoms with Gasteiger partial charge in [-0.1, -0.05) is 82.4 Å². The van der Waals surface area contributed by atoms with E-state index in [-0.39, 0.29) is 57.3 Å². The molecule has 0 aromatic rings. The van der Waals surface area contributed by atoms with Crippen molar-refractivity contribution in [1.29, 1.82) is 0 Å². The second kappa shape index (κ2) is 23.2. The highest BCUT2D eigenvalue weighted by molar-refractivity contribution is 5.82. The van der Waals surface area contributed by atoms with Crippen LogP contribution < -0.4 is 0 Å². The van der Waals surface area contributed by atoms with Crippen molar-refractivity contribution in [2.24, 2.45) is 17.8 Å². The average molecular weight is 669 g/mol. The summed E-state index contributed by atoms with van der Waals surface area (Å²) in [5.41, 5.74) is 0. The van der Waals surface area contributed by atoms with E-state index in [1.54, 1.807) is 62.5 Å². The molecule has 1 aliphatic heterocycles. The zero-order valence-electron chi connectivity index (χ0n) is 28.3. The fourth-order valence-corrected chi connectivity index (χ4v) is 5.54. The number of allylic oxidation sites excluding steroid dienone is 8. The van der Waals surface area contributed by atoms with Crippen LogP contribution in [-0.2, 0) is 9.53 Å². The first-order chi connectivity index (χ1) is 22.1. The van der Waals surface area contributed by atoms with Crippen LogP contribution in [0.15, 0.2) is 60.8 Å². The molecule has 0 saturated carbocycles. The number of hydrogen-bond acceptors (Lipinski definition) is 11. The maximum absolute atomic E-state index is 12.4. The number of rotatable bonds is 1. The van der Waals surface area contributed by atoms with Crippen molar-refractivity contribution in [2.45, 2.75) is 140 Å². The summed E-state index contributed by atoms with van der Waals surface area (Å²) < 4.78 is 5.61. The van der Waals surface area contributed by atoms with E-state index in [9.17, 15) is 50.8 Å². The van der Waals surface area contributed by atoms with Crippen molar-refractivity contribution in [1.82, 2.24) is 0 Å². The Hall–Kier alpha value is -2.19. The smallest absolute Gasteiger partial charge is 0.331 e. The van der Waals surface area contributed by atoms with Gasteiger partial charge in [-0.05, 0) is 50.9 Å². The molecule has 0 radical (unpaired) electrons. The molecule has 0 bridgehead atoms. The lowest BCUT2D eigenvalue weighted by molar-refractivity contribution is -0.151. The standard InChI is InChI=1S/C36H60O11/c1-23(2)36-25(4)33(44)21-29(40)22-34(45)31(42)17-16-26(37)18-27(38)19-28(39)20-32(43)24(3)30(41)14-12-10-8-6-5-7-9-11-13-15-35(46)47-36/h5-13,15,23-34,36-45H,14,16-22H2,1-4H3/b7-5+,8-6+,11-9-,12-10+,15-13+. The predicted molar refractivity (Wildman–Crippen MR) is 180 cm³/mol. The summed E-state index contributed by atoms with van der Waals surface area (Å²) in [6.07, 6.45) is 5.94. The van der Waals surface area contributed by atoms with E-state index in [0.29, 0.717) is 0 Å². The van der Waals surface area contributed by atoms with Crippen molar-refractivity contribution in [3.63, 3.8) is 0 Å². The number of hydrogen-bond donors (Lipinski definition) is 9. The van der Waals surface area contributed by atoms with E-state index >= 15 is 0 Å². The van der Waals surface area contributed by atoms with Gasteiger partial charge in [0.15, 0.2) is 0 Å². The Labute approximate surface area is 279 Å². The van der Waals surface area contributed by atoms with E-state index in [1.165, 1.54) is 12.2 Å². The summed E-state index contributed by atoms with van der Waals surface area (Å²) in [7, 11) is 0. The van der Waals surface area contributed by atoms with Gasteiger partial charge in [0.05, 0.1) is 54.9 Å². The maximum Gasteiger partial charge on any atom is 0.331 e. The van der Waals surface area contributed by atoms with Gasteiger partial charge < -0.3 is 50.7 Å². The summed E-state index contributed by atoms with van der Waals surface area (Å²) in [5, 5.41) is 94.2. The van der Waals surface area contributed by atoms with Crippen LogP contribution in [0.4, 0.5) is 0 Å². The number of aliphatic hydroxyl groups excluding tert-OH is 9. The van der Waals surface area contributed by atoms with Crippen LogP contribution >= 0.6 is 0 Å². The van der Waals surface area contributed by atoms with Gasteiger partial charge in [-0.15, -0.1) is 0 Å². The third-order valence-electron chi connectivity index (χ3n) is 8.64.